The molecule has 2 atom stereocenters. The topological polar surface area (TPSA) is 24.5 Å². The number of likely N-dealkylation sites (N-methyl/N-ethyl adjacent to an activating group) is 1. The summed E-state index contributed by atoms with van der Waals surface area (Å²) in [4.78, 5) is 2.53. The Hall–Kier alpha value is -0.900. The van der Waals surface area contributed by atoms with Gasteiger partial charge >= 0.3 is 0 Å². The van der Waals surface area contributed by atoms with Crippen LogP contribution in [0.15, 0.2) is 18.2 Å². The molecule has 112 valence electrons. The molecule has 3 heteroatoms. The quantitative estimate of drug-likeness (QED) is 0.915. The van der Waals surface area contributed by atoms with Crippen LogP contribution in [0.1, 0.15) is 36.1 Å². The fourth-order valence-electron chi connectivity index (χ4n) is 3.07. The molecule has 1 aromatic rings. The van der Waals surface area contributed by atoms with Gasteiger partial charge in [-0.2, -0.15) is 0 Å². The van der Waals surface area contributed by atoms with Crippen molar-refractivity contribution in [2.24, 2.45) is 0 Å². The number of ether oxygens (including phenoxy) is 1. The predicted octanol–water partition coefficient (Wildman–Crippen LogP) is 2.67. The SMILES string of the molecule is CNC(CN1CCCOC(C)C1)c1ccc(C)cc1C. The zero-order chi connectivity index (χ0) is 14.5. The number of benzene rings is 1. The van der Waals surface area contributed by atoms with Crippen molar-refractivity contribution in [2.75, 3.05) is 33.3 Å². The van der Waals surface area contributed by atoms with E-state index in [0.29, 0.717) is 12.1 Å². The van der Waals surface area contributed by atoms with Crippen LogP contribution < -0.4 is 5.32 Å². The largest absolute Gasteiger partial charge is 0.377 e. The van der Waals surface area contributed by atoms with Crippen molar-refractivity contribution in [1.29, 1.82) is 0 Å². The Morgan fingerprint density at radius 1 is 1.40 bits per heavy atom. The molecule has 1 N–H and O–H groups in total. The molecule has 0 aliphatic carbocycles. The van der Waals surface area contributed by atoms with Crippen LogP contribution in [-0.4, -0.2) is 44.3 Å². The van der Waals surface area contributed by atoms with Crippen molar-refractivity contribution in [2.45, 2.75) is 39.3 Å². The normalized spacial score (nSPS) is 22.5. The summed E-state index contributed by atoms with van der Waals surface area (Å²) in [6.07, 6.45) is 1.47. The van der Waals surface area contributed by atoms with E-state index in [-0.39, 0.29) is 0 Å². The summed E-state index contributed by atoms with van der Waals surface area (Å²) in [5.74, 6) is 0. The average molecular weight is 276 g/mol. The lowest BCUT2D eigenvalue weighted by molar-refractivity contribution is 0.0665. The Morgan fingerprint density at radius 3 is 2.90 bits per heavy atom. The van der Waals surface area contributed by atoms with Crippen LogP contribution >= 0.6 is 0 Å². The number of hydrogen-bond acceptors (Lipinski definition) is 3. The van der Waals surface area contributed by atoms with Crippen LogP contribution in [0.5, 0.6) is 0 Å². The number of nitrogens with one attached hydrogen (secondary N) is 1. The number of rotatable bonds is 4. The lowest BCUT2D eigenvalue weighted by atomic mass is 9.98. The first-order valence-corrected chi connectivity index (χ1v) is 7.68. The third kappa shape index (κ3) is 4.05. The van der Waals surface area contributed by atoms with Crippen molar-refractivity contribution in [3.05, 3.63) is 34.9 Å². The van der Waals surface area contributed by atoms with E-state index >= 15 is 0 Å². The highest BCUT2D eigenvalue weighted by molar-refractivity contribution is 5.33. The van der Waals surface area contributed by atoms with Crippen molar-refractivity contribution >= 4 is 0 Å². The van der Waals surface area contributed by atoms with Crippen molar-refractivity contribution in [1.82, 2.24) is 10.2 Å². The van der Waals surface area contributed by atoms with E-state index in [9.17, 15) is 0 Å². The molecule has 1 aromatic carbocycles. The highest BCUT2D eigenvalue weighted by Gasteiger charge is 2.20. The number of hydrogen-bond donors (Lipinski definition) is 1. The molecule has 20 heavy (non-hydrogen) atoms. The lowest BCUT2D eigenvalue weighted by Gasteiger charge is -2.28. The Kier molecular flexibility index (Phi) is 5.58. The maximum atomic E-state index is 5.73. The Bertz CT molecular complexity index is 433. The minimum absolute atomic E-state index is 0.342. The van der Waals surface area contributed by atoms with Crippen LogP contribution in [0.4, 0.5) is 0 Å². The van der Waals surface area contributed by atoms with Crippen LogP contribution in [0, 0.1) is 13.8 Å². The van der Waals surface area contributed by atoms with Gasteiger partial charge in [-0.1, -0.05) is 23.8 Å². The smallest absolute Gasteiger partial charge is 0.0673 e. The van der Waals surface area contributed by atoms with Gasteiger partial charge in [0, 0.05) is 32.3 Å². The summed E-state index contributed by atoms with van der Waals surface area (Å²) in [7, 11) is 2.06. The van der Waals surface area contributed by atoms with Gasteiger partial charge in [0.1, 0.15) is 0 Å². The maximum Gasteiger partial charge on any atom is 0.0673 e. The molecule has 0 aromatic heterocycles. The van der Waals surface area contributed by atoms with E-state index in [1.807, 2.05) is 0 Å². The Morgan fingerprint density at radius 2 is 2.20 bits per heavy atom. The molecule has 1 aliphatic heterocycles. The van der Waals surface area contributed by atoms with Gasteiger partial charge in [-0.05, 0) is 45.4 Å². The van der Waals surface area contributed by atoms with Gasteiger partial charge in [-0.25, -0.2) is 0 Å². The summed E-state index contributed by atoms with van der Waals surface area (Å²) < 4.78 is 5.73. The van der Waals surface area contributed by atoms with Crippen LogP contribution in [0.2, 0.25) is 0 Å². The molecule has 1 heterocycles. The number of aryl methyl sites for hydroxylation is 2. The van der Waals surface area contributed by atoms with Crippen LogP contribution in [-0.2, 0) is 4.74 Å². The minimum Gasteiger partial charge on any atom is -0.377 e. The van der Waals surface area contributed by atoms with Gasteiger partial charge in [0.05, 0.1) is 6.10 Å². The predicted molar refractivity (Wildman–Crippen MR) is 84.2 cm³/mol. The first-order chi connectivity index (χ1) is 9.60. The highest BCUT2D eigenvalue weighted by atomic mass is 16.5. The Labute approximate surface area is 123 Å². The van der Waals surface area contributed by atoms with E-state index in [1.54, 1.807) is 0 Å². The van der Waals surface area contributed by atoms with Gasteiger partial charge in [0.15, 0.2) is 0 Å². The van der Waals surface area contributed by atoms with Gasteiger partial charge in [0.2, 0.25) is 0 Å². The fraction of sp³-hybridized carbons (Fsp3) is 0.647. The second-order valence-corrected chi connectivity index (χ2v) is 6.00. The highest BCUT2D eigenvalue weighted by Crippen LogP contribution is 2.20. The van der Waals surface area contributed by atoms with E-state index in [2.05, 4.69) is 56.2 Å². The molecule has 0 radical (unpaired) electrons. The molecule has 2 rings (SSSR count). The monoisotopic (exact) mass is 276 g/mol. The molecule has 3 nitrogen and oxygen atoms in total. The second kappa shape index (κ2) is 7.21. The van der Waals surface area contributed by atoms with Crippen LogP contribution in [0.25, 0.3) is 0 Å². The van der Waals surface area contributed by atoms with E-state index in [0.717, 1.165) is 32.7 Å². The standard InChI is InChI=1S/C17H28N2O/c1-13-6-7-16(14(2)10-13)17(18-4)12-19-8-5-9-20-15(3)11-19/h6-7,10,15,17-18H,5,8-9,11-12H2,1-4H3. The zero-order valence-electron chi connectivity index (χ0n) is 13.3. The molecular formula is C17H28N2O. The van der Waals surface area contributed by atoms with Gasteiger partial charge in [-0.3, -0.25) is 4.90 Å². The lowest BCUT2D eigenvalue weighted by Crippen LogP contribution is -2.37. The van der Waals surface area contributed by atoms with Crippen LogP contribution in [0.3, 0.4) is 0 Å². The zero-order valence-corrected chi connectivity index (χ0v) is 13.3. The average Bonchev–Trinajstić information content (AvgIpc) is 2.61. The third-order valence-electron chi connectivity index (χ3n) is 4.13. The maximum absolute atomic E-state index is 5.73. The van der Waals surface area contributed by atoms with Crippen molar-refractivity contribution in [3.8, 4) is 0 Å². The van der Waals surface area contributed by atoms with Gasteiger partial charge in [-0.15, -0.1) is 0 Å². The second-order valence-electron chi connectivity index (χ2n) is 6.00. The first kappa shape index (κ1) is 15.5. The minimum atomic E-state index is 0.342. The molecule has 2 unspecified atom stereocenters. The summed E-state index contributed by atoms with van der Waals surface area (Å²) in [6.45, 7) is 10.6. The summed E-state index contributed by atoms with van der Waals surface area (Å²) in [5, 5.41) is 3.48. The molecule has 1 saturated heterocycles. The molecule has 0 saturated carbocycles. The Balaban J connectivity index is 2.07. The third-order valence-corrected chi connectivity index (χ3v) is 4.13. The van der Waals surface area contributed by atoms with Crippen molar-refractivity contribution < 1.29 is 4.74 Å². The molecule has 0 amide bonds. The first-order valence-electron chi connectivity index (χ1n) is 7.68. The fourth-order valence-corrected chi connectivity index (χ4v) is 3.07. The molecule has 1 fully saturated rings. The van der Waals surface area contributed by atoms with Gasteiger partial charge < -0.3 is 10.1 Å². The molecule has 0 spiro atoms. The summed E-state index contributed by atoms with van der Waals surface area (Å²) in [6, 6.07) is 7.14. The molecule has 1 aliphatic rings. The van der Waals surface area contributed by atoms with E-state index in [4.69, 9.17) is 4.74 Å². The van der Waals surface area contributed by atoms with Crippen molar-refractivity contribution in [3.63, 3.8) is 0 Å². The number of nitrogens with zero attached hydrogens (tertiary/aromatic N) is 1. The molecular weight excluding hydrogens is 248 g/mol. The molecule has 0 bridgehead atoms. The van der Waals surface area contributed by atoms with E-state index in [1.165, 1.54) is 16.7 Å². The summed E-state index contributed by atoms with van der Waals surface area (Å²) >= 11 is 0. The van der Waals surface area contributed by atoms with Gasteiger partial charge in [0.25, 0.3) is 0 Å². The van der Waals surface area contributed by atoms with E-state index < -0.39 is 0 Å². The summed E-state index contributed by atoms with van der Waals surface area (Å²) in [5.41, 5.74) is 4.12.